The van der Waals surface area contributed by atoms with E-state index in [1.165, 1.54) is 19.3 Å². The lowest BCUT2D eigenvalue weighted by Gasteiger charge is -2.36. The number of hydrogen-bond donors (Lipinski definition) is 1. The van der Waals surface area contributed by atoms with Crippen molar-refractivity contribution in [3.63, 3.8) is 0 Å². The number of benzene rings is 1. The summed E-state index contributed by atoms with van der Waals surface area (Å²) in [5, 5.41) is 0. The molecular formula is C13H19NO. The second kappa shape index (κ2) is 3.86. The van der Waals surface area contributed by atoms with Gasteiger partial charge in [0.25, 0.3) is 0 Å². The first-order chi connectivity index (χ1) is 7.09. The van der Waals surface area contributed by atoms with Crippen molar-refractivity contribution in [1.29, 1.82) is 0 Å². The highest BCUT2D eigenvalue weighted by Crippen LogP contribution is 2.35. The maximum absolute atomic E-state index is 6.06. The Morgan fingerprint density at radius 2 is 1.93 bits per heavy atom. The molecule has 15 heavy (non-hydrogen) atoms. The molecule has 0 atom stereocenters. The van der Waals surface area contributed by atoms with Crippen LogP contribution in [0.15, 0.2) is 24.3 Å². The van der Waals surface area contributed by atoms with Gasteiger partial charge in [-0.1, -0.05) is 18.2 Å². The molecule has 0 aromatic heterocycles. The summed E-state index contributed by atoms with van der Waals surface area (Å²) >= 11 is 0. The first-order valence-electron chi connectivity index (χ1n) is 5.62. The third-order valence-electron chi connectivity index (χ3n) is 3.12. The fourth-order valence-corrected chi connectivity index (χ4v) is 2.01. The second-order valence-corrected chi connectivity index (χ2v) is 4.77. The van der Waals surface area contributed by atoms with Gasteiger partial charge in [-0.15, -0.1) is 0 Å². The third-order valence-corrected chi connectivity index (χ3v) is 3.12. The van der Waals surface area contributed by atoms with Crippen LogP contribution in [-0.2, 0) is 10.3 Å². The molecule has 0 unspecified atom stereocenters. The summed E-state index contributed by atoms with van der Waals surface area (Å²) in [5.41, 5.74) is 7.61. The minimum atomic E-state index is -0.267. The van der Waals surface area contributed by atoms with Gasteiger partial charge in [0.2, 0.25) is 0 Å². The predicted molar refractivity (Wildman–Crippen MR) is 62.6 cm³/mol. The maximum atomic E-state index is 6.06. The van der Waals surface area contributed by atoms with E-state index in [0.29, 0.717) is 6.10 Å². The van der Waals surface area contributed by atoms with Crippen molar-refractivity contribution < 1.29 is 4.74 Å². The van der Waals surface area contributed by atoms with Crippen molar-refractivity contribution in [3.05, 3.63) is 29.8 Å². The van der Waals surface area contributed by atoms with Gasteiger partial charge in [-0.3, -0.25) is 0 Å². The topological polar surface area (TPSA) is 35.2 Å². The lowest BCUT2D eigenvalue weighted by Crippen LogP contribution is -2.33. The van der Waals surface area contributed by atoms with Crippen LogP contribution in [0.2, 0.25) is 0 Å². The normalized spacial score (nSPS) is 17.5. The van der Waals surface area contributed by atoms with E-state index in [-0.39, 0.29) is 5.60 Å². The van der Waals surface area contributed by atoms with E-state index in [1.807, 2.05) is 24.3 Å². The Balaban J connectivity index is 2.16. The highest BCUT2D eigenvalue weighted by atomic mass is 16.5. The molecular weight excluding hydrogens is 186 g/mol. The van der Waals surface area contributed by atoms with Crippen molar-refractivity contribution in [2.75, 3.05) is 5.73 Å². The molecule has 2 rings (SSSR count). The van der Waals surface area contributed by atoms with Crippen LogP contribution >= 0.6 is 0 Å². The zero-order valence-corrected chi connectivity index (χ0v) is 9.49. The van der Waals surface area contributed by atoms with Gasteiger partial charge < -0.3 is 10.5 Å². The SMILES string of the molecule is CC(C)(OC1CCC1)c1ccccc1N. The Kier molecular flexibility index (Phi) is 2.70. The lowest BCUT2D eigenvalue weighted by atomic mass is 9.92. The molecule has 0 aliphatic heterocycles. The first-order valence-corrected chi connectivity index (χ1v) is 5.62. The second-order valence-electron chi connectivity index (χ2n) is 4.77. The molecule has 2 nitrogen and oxygen atoms in total. The number of para-hydroxylation sites is 1. The van der Waals surface area contributed by atoms with Gasteiger partial charge in [0.15, 0.2) is 0 Å². The van der Waals surface area contributed by atoms with E-state index in [4.69, 9.17) is 10.5 Å². The Labute approximate surface area is 91.4 Å². The highest BCUT2D eigenvalue weighted by Gasteiger charge is 2.30. The molecule has 0 amide bonds. The molecule has 82 valence electrons. The van der Waals surface area contributed by atoms with Gasteiger partial charge in [-0.05, 0) is 39.2 Å². The Bertz CT molecular complexity index is 342. The van der Waals surface area contributed by atoms with Crippen LogP contribution in [0, 0.1) is 0 Å². The Morgan fingerprint density at radius 3 is 2.47 bits per heavy atom. The first kappa shape index (κ1) is 10.5. The number of ether oxygens (including phenoxy) is 1. The fraction of sp³-hybridized carbons (Fsp3) is 0.538. The quantitative estimate of drug-likeness (QED) is 0.770. The van der Waals surface area contributed by atoms with Crippen LogP contribution in [0.5, 0.6) is 0 Å². The number of hydrogen-bond acceptors (Lipinski definition) is 2. The minimum absolute atomic E-state index is 0.267. The van der Waals surface area contributed by atoms with Crippen molar-refractivity contribution in [2.24, 2.45) is 0 Å². The van der Waals surface area contributed by atoms with Crippen molar-refractivity contribution in [2.45, 2.75) is 44.8 Å². The van der Waals surface area contributed by atoms with Crippen molar-refractivity contribution in [3.8, 4) is 0 Å². The summed E-state index contributed by atoms with van der Waals surface area (Å²) in [4.78, 5) is 0. The van der Waals surface area contributed by atoms with Crippen LogP contribution in [-0.4, -0.2) is 6.10 Å². The number of rotatable bonds is 3. The van der Waals surface area contributed by atoms with Gasteiger partial charge in [0.1, 0.15) is 0 Å². The van der Waals surface area contributed by atoms with Crippen LogP contribution in [0.25, 0.3) is 0 Å². The lowest BCUT2D eigenvalue weighted by molar-refractivity contribution is -0.106. The maximum Gasteiger partial charge on any atom is 0.0898 e. The molecule has 1 aliphatic rings. The predicted octanol–water partition coefficient (Wildman–Crippen LogP) is 3.07. The van der Waals surface area contributed by atoms with E-state index in [9.17, 15) is 0 Å². The Morgan fingerprint density at radius 1 is 1.27 bits per heavy atom. The molecule has 0 spiro atoms. The van der Waals surface area contributed by atoms with E-state index in [2.05, 4.69) is 13.8 Å². The van der Waals surface area contributed by atoms with Crippen LogP contribution in [0.3, 0.4) is 0 Å². The summed E-state index contributed by atoms with van der Waals surface area (Å²) in [5.74, 6) is 0. The van der Waals surface area contributed by atoms with E-state index < -0.39 is 0 Å². The molecule has 2 heteroatoms. The monoisotopic (exact) mass is 205 g/mol. The average Bonchev–Trinajstić information content (AvgIpc) is 2.12. The van der Waals surface area contributed by atoms with Gasteiger partial charge in [-0.2, -0.15) is 0 Å². The average molecular weight is 205 g/mol. The van der Waals surface area contributed by atoms with E-state index in [1.54, 1.807) is 0 Å². The highest BCUT2D eigenvalue weighted by molar-refractivity contribution is 5.49. The van der Waals surface area contributed by atoms with Crippen molar-refractivity contribution >= 4 is 5.69 Å². The minimum Gasteiger partial charge on any atom is -0.398 e. The smallest absolute Gasteiger partial charge is 0.0898 e. The summed E-state index contributed by atoms with van der Waals surface area (Å²) in [6.45, 7) is 4.19. The Hall–Kier alpha value is -1.02. The molecule has 0 heterocycles. The standard InChI is InChI=1S/C13H19NO/c1-13(2,15-10-6-5-7-10)11-8-3-4-9-12(11)14/h3-4,8-10H,5-7,14H2,1-2H3. The van der Waals surface area contributed by atoms with Gasteiger partial charge in [0.05, 0.1) is 11.7 Å². The fourth-order valence-electron chi connectivity index (χ4n) is 2.01. The molecule has 1 aromatic carbocycles. The zero-order valence-electron chi connectivity index (χ0n) is 9.49. The van der Waals surface area contributed by atoms with Gasteiger partial charge in [-0.25, -0.2) is 0 Å². The number of nitrogens with two attached hydrogens (primary N) is 1. The molecule has 1 saturated carbocycles. The summed E-state index contributed by atoms with van der Waals surface area (Å²) in [6, 6.07) is 7.95. The van der Waals surface area contributed by atoms with Crippen LogP contribution < -0.4 is 5.73 Å². The number of nitrogen functional groups attached to an aromatic ring is 1. The molecule has 0 saturated heterocycles. The van der Waals surface area contributed by atoms with Gasteiger partial charge in [0, 0.05) is 11.3 Å². The van der Waals surface area contributed by atoms with Crippen molar-refractivity contribution in [1.82, 2.24) is 0 Å². The van der Waals surface area contributed by atoms with E-state index in [0.717, 1.165) is 11.3 Å². The molecule has 1 fully saturated rings. The molecule has 0 bridgehead atoms. The summed E-state index contributed by atoms with van der Waals surface area (Å²) in [7, 11) is 0. The third kappa shape index (κ3) is 2.15. The molecule has 0 radical (unpaired) electrons. The van der Waals surface area contributed by atoms with Crippen LogP contribution in [0.1, 0.15) is 38.7 Å². The molecule has 2 N–H and O–H groups in total. The van der Waals surface area contributed by atoms with Gasteiger partial charge >= 0.3 is 0 Å². The summed E-state index contributed by atoms with van der Waals surface area (Å²) in [6.07, 6.45) is 4.11. The van der Waals surface area contributed by atoms with E-state index >= 15 is 0 Å². The molecule has 1 aromatic rings. The largest absolute Gasteiger partial charge is 0.398 e. The molecule has 1 aliphatic carbocycles. The number of anilines is 1. The summed E-state index contributed by atoms with van der Waals surface area (Å²) < 4.78 is 6.06. The van der Waals surface area contributed by atoms with Crippen LogP contribution in [0.4, 0.5) is 5.69 Å². The zero-order chi connectivity index (χ0) is 10.9.